The van der Waals surface area contributed by atoms with Gasteiger partial charge in [0.25, 0.3) is 5.91 Å². The van der Waals surface area contributed by atoms with Crippen LogP contribution in [0.25, 0.3) is 0 Å². The molecule has 0 spiro atoms. The lowest BCUT2D eigenvalue weighted by Crippen LogP contribution is -2.25. The molecule has 2 nitrogen and oxygen atoms in total. The topological polar surface area (TPSA) is 29.1 Å². The van der Waals surface area contributed by atoms with Gasteiger partial charge in [-0.05, 0) is 43.0 Å². The number of benzene rings is 1. The fourth-order valence-electron chi connectivity index (χ4n) is 1.36. The van der Waals surface area contributed by atoms with Crippen LogP contribution in [0.2, 0.25) is 0 Å². The van der Waals surface area contributed by atoms with Gasteiger partial charge in [0.15, 0.2) is 0 Å². The molecule has 0 bridgehead atoms. The summed E-state index contributed by atoms with van der Waals surface area (Å²) in [6.07, 6.45) is 0.950. The molecule has 1 aromatic carbocycles. The molecule has 1 N–H and O–H groups in total. The molecule has 0 aliphatic heterocycles. The van der Waals surface area contributed by atoms with E-state index in [-0.39, 0.29) is 11.7 Å². The zero-order valence-corrected chi connectivity index (χ0v) is 10.0. The lowest BCUT2D eigenvalue weighted by molar-refractivity contribution is 0.0952. The van der Waals surface area contributed by atoms with Crippen molar-refractivity contribution in [3.8, 4) is 0 Å². The summed E-state index contributed by atoms with van der Waals surface area (Å²) in [5.74, 6) is 0.151. The fraction of sp³-hybridized carbons (Fsp3) is 0.462. The van der Waals surface area contributed by atoms with E-state index in [9.17, 15) is 9.18 Å². The lowest BCUT2D eigenvalue weighted by atomic mass is 10.1. The van der Waals surface area contributed by atoms with Crippen molar-refractivity contribution >= 4 is 5.91 Å². The van der Waals surface area contributed by atoms with Gasteiger partial charge in [-0.2, -0.15) is 0 Å². The second-order valence-electron chi connectivity index (χ2n) is 4.40. The second-order valence-corrected chi connectivity index (χ2v) is 4.40. The Morgan fingerprint density at radius 2 is 2.12 bits per heavy atom. The molecule has 0 aliphatic rings. The van der Waals surface area contributed by atoms with Crippen molar-refractivity contribution in [2.24, 2.45) is 5.92 Å². The molecule has 0 fully saturated rings. The summed E-state index contributed by atoms with van der Waals surface area (Å²) in [6, 6.07) is 4.40. The first-order valence-electron chi connectivity index (χ1n) is 5.55. The third-order valence-corrected chi connectivity index (χ3v) is 2.43. The smallest absolute Gasteiger partial charge is 0.251 e. The van der Waals surface area contributed by atoms with Gasteiger partial charge in [0.05, 0.1) is 0 Å². The standard InChI is InChI=1S/C13H18FNO/c1-9(2)6-7-15-13(16)11-4-5-12(14)10(3)8-11/h4-5,8-9H,6-7H2,1-3H3,(H,15,16). The quantitative estimate of drug-likeness (QED) is 0.835. The van der Waals surface area contributed by atoms with Crippen LogP contribution in [0.1, 0.15) is 36.2 Å². The molecular weight excluding hydrogens is 205 g/mol. The minimum atomic E-state index is -0.279. The minimum Gasteiger partial charge on any atom is -0.352 e. The molecule has 1 amide bonds. The Hall–Kier alpha value is -1.38. The van der Waals surface area contributed by atoms with Crippen LogP contribution < -0.4 is 5.32 Å². The van der Waals surface area contributed by atoms with Gasteiger partial charge in [0, 0.05) is 12.1 Å². The molecule has 88 valence electrons. The van der Waals surface area contributed by atoms with Crippen molar-refractivity contribution in [3.63, 3.8) is 0 Å². The van der Waals surface area contributed by atoms with E-state index in [1.54, 1.807) is 13.0 Å². The number of amides is 1. The predicted octanol–water partition coefficient (Wildman–Crippen LogP) is 2.91. The largest absolute Gasteiger partial charge is 0.352 e. The number of hydrogen-bond donors (Lipinski definition) is 1. The highest BCUT2D eigenvalue weighted by atomic mass is 19.1. The Kier molecular flexibility index (Phi) is 4.47. The Morgan fingerprint density at radius 3 is 2.69 bits per heavy atom. The van der Waals surface area contributed by atoms with Crippen LogP contribution in [-0.2, 0) is 0 Å². The summed E-state index contributed by atoms with van der Waals surface area (Å²) in [4.78, 5) is 11.7. The Morgan fingerprint density at radius 1 is 1.44 bits per heavy atom. The molecule has 0 aliphatic carbocycles. The summed E-state index contributed by atoms with van der Waals surface area (Å²) in [5, 5.41) is 2.82. The maximum absolute atomic E-state index is 13.0. The van der Waals surface area contributed by atoms with E-state index in [4.69, 9.17) is 0 Å². The number of halogens is 1. The van der Waals surface area contributed by atoms with E-state index in [1.165, 1.54) is 12.1 Å². The number of carbonyl (C=O) groups is 1. The second kappa shape index (κ2) is 5.64. The van der Waals surface area contributed by atoms with E-state index in [1.807, 2.05) is 0 Å². The molecule has 16 heavy (non-hydrogen) atoms. The monoisotopic (exact) mass is 223 g/mol. The first-order chi connectivity index (χ1) is 7.50. The van der Waals surface area contributed by atoms with Crippen molar-refractivity contribution in [2.75, 3.05) is 6.54 Å². The molecule has 0 radical (unpaired) electrons. The average molecular weight is 223 g/mol. The number of hydrogen-bond acceptors (Lipinski definition) is 1. The molecule has 0 aromatic heterocycles. The Bertz CT molecular complexity index is 374. The lowest BCUT2D eigenvalue weighted by Gasteiger charge is -2.07. The number of aryl methyl sites for hydroxylation is 1. The first-order valence-corrected chi connectivity index (χ1v) is 5.55. The summed E-state index contributed by atoms with van der Waals surface area (Å²) >= 11 is 0. The molecule has 1 aromatic rings. The first kappa shape index (κ1) is 12.7. The highest BCUT2D eigenvalue weighted by Crippen LogP contribution is 2.09. The van der Waals surface area contributed by atoms with Gasteiger partial charge >= 0.3 is 0 Å². The van der Waals surface area contributed by atoms with Crippen LogP contribution in [0.3, 0.4) is 0 Å². The zero-order valence-electron chi connectivity index (χ0n) is 10.0. The van der Waals surface area contributed by atoms with Gasteiger partial charge in [-0.15, -0.1) is 0 Å². The van der Waals surface area contributed by atoms with E-state index in [0.29, 0.717) is 23.6 Å². The van der Waals surface area contributed by atoms with Crippen molar-refractivity contribution in [1.82, 2.24) is 5.32 Å². The SMILES string of the molecule is Cc1cc(C(=O)NCCC(C)C)ccc1F. The van der Waals surface area contributed by atoms with Crippen LogP contribution in [0.5, 0.6) is 0 Å². The van der Waals surface area contributed by atoms with Crippen molar-refractivity contribution in [3.05, 3.63) is 35.1 Å². The Labute approximate surface area is 95.9 Å². The third-order valence-electron chi connectivity index (χ3n) is 2.43. The average Bonchev–Trinajstić information content (AvgIpc) is 2.21. The Balaban J connectivity index is 2.56. The zero-order chi connectivity index (χ0) is 12.1. The highest BCUT2D eigenvalue weighted by molar-refractivity contribution is 5.94. The third kappa shape index (κ3) is 3.65. The van der Waals surface area contributed by atoms with Gasteiger partial charge < -0.3 is 5.32 Å². The molecule has 0 atom stereocenters. The number of rotatable bonds is 4. The normalized spacial score (nSPS) is 10.6. The van der Waals surface area contributed by atoms with Gasteiger partial charge in [-0.1, -0.05) is 13.8 Å². The molecule has 0 heterocycles. The van der Waals surface area contributed by atoms with Crippen LogP contribution in [-0.4, -0.2) is 12.5 Å². The summed E-state index contributed by atoms with van der Waals surface area (Å²) in [6.45, 7) is 6.52. The van der Waals surface area contributed by atoms with Crippen molar-refractivity contribution < 1.29 is 9.18 Å². The van der Waals surface area contributed by atoms with Crippen molar-refractivity contribution in [1.29, 1.82) is 0 Å². The van der Waals surface area contributed by atoms with E-state index in [0.717, 1.165) is 6.42 Å². The van der Waals surface area contributed by atoms with Crippen LogP contribution in [0, 0.1) is 18.7 Å². The minimum absolute atomic E-state index is 0.135. The summed E-state index contributed by atoms with van der Waals surface area (Å²) in [7, 11) is 0. The molecule has 1 rings (SSSR count). The number of nitrogens with one attached hydrogen (secondary N) is 1. The molecule has 0 saturated heterocycles. The molecular formula is C13H18FNO. The van der Waals surface area contributed by atoms with E-state index < -0.39 is 0 Å². The maximum Gasteiger partial charge on any atom is 0.251 e. The van der Waals surface area contributed by atoms with Gasteiger partial charge in [-0.25, -0.2) is 4.39 Å². The molecule has 0 unspecified atom stereocenters. The van der Waals surface area contributed by atoms with Gasteiger partial charge in [0.1, 0.15) is 5.82 Å². The summed E-state index contributed by atoms with van der Waals surface area (Å²) in [5.41, 5.74) is 1.01. The maximum atomic E-state index is 13.0. The van der Waals surface area contributed by atoms with Crippen LogP contribution in [0.4, 0.5) is 4.39 Å². The van der Waals surface area contributed by atoms with Gasteiger partial charge in [0.2, 0.25) is 0 Å². The molecule has 3 heteroatoms. The predicted molar refractivity (Wildman–Crippen MR) is 62.9 cm³/mol. The fourth-order valence-corrected chi connectivity index (χ4v) is 1.36. The van der Waals surface area contributed by atoms with E-state index in [2.05, 4.69) is 19.2 Å². The van der Waals surface area contributed by atoms with Crippen LogP contribution >= 0.6 is 0 Å². The summed E-state index contributed by atoms with van der Waals surface area (Å²) < 4.78 is 13.0. The number of carbonyl (C=O) groups excluding carboxylic acids is 1. The highest BCUT2D eigenvalue weighted by Gasteiger charge is 2.07. The van der Waals surface area contributed by atoms with Gasteiger partial charge in [-0.3, -0.25) is 4.79 Å². The molecule has 0 saturated carbocycles. The van der Waals surface area contributed by atoms with Crippen molar-refractivity contribution in [2.45, 2.75) is 27.2 Å². The van der Waals surface area contributed by atoms with E-state index >= 15 is 0 Å². The van der Waals surface area contributed by atoms with Crippen LogP contribution in [0.15, 0.2) is 18.2 Å².